The van der Waals surface area contributed by atoms with E-state index in [9.17, 15) is 28.9 Å². The molecule has 1 saturated carbocycles. The number of carbonyl (C=O) groups excluding carboxylic acids is 1. The molecule has 2 aromatic carbocycles. The lowest BCUT2D eigenvalue weighted by Gasteiger charge is -2.27. The first-order valence-corrected chi connectivity index (χ1v) is 12.7. The third kappa shape index (κ3) is 5.07. The van der Waals surface area contributed by atoms with E-state index in [1.54, 1.807) is 24.3 Å². The molecule has 3 atom stereocenters. The summed E-state index contributed by atoms with van der Waals surface area (Å²) in [5, 5.41) is 43.3. The Kier molecular flexibility index (Phi) is 6.61. The smallest absolute Gasteiger partial charge is 0.395 e. The van der Waals surface area contributed by atoms with Gasteiger partial charge >= 0.3 is 6.29 Å². The number of ether oxygens (including phenoxy) is 2. The molecule has 11 heteroatoms. The summed E-state index contributed by atoms with van der Waals surface area (Å²) in [7, 11) is 0. The summed E-state index contributed by atoms with van der Waals surface area (Å²) in [6.07, 6.45) is -6.96. The Hall–Kier alpha value is -3.25. The van der Waals surface area contributed by atoms with Gasteiger partial charge in [0, 0.05) is 32.0 Å². The average molecular weight is 553 g/mol. The summed E-state index contributed by atoms with van der Waals surface area (Å²) in [5.41, 5.74) is 1.53. The highest BCUT2D eigenvalue weighted by Gasteiger charge is 2.52. The van der Waals surface area contributed by atoms with E-state index in [4.69, 9.17) is 5.11 Å². The van der Waals surface area contributed by atoms with Crippen molar-refractivity contribution in [1.29, 1.82) is 0 Å². The number of carbonyl (C=O) groups is 1. The number of nitrogens with one attached hydrogen (secondary N) is 1. The zero-order valence-electron chi connectivity index (χ0n) is 21.8. The number of aromatic nitrogens is 1. The molecule has 2 aliphatic rings. The Balaban J connectivity index is 0.00000205. The average Bonchev–Trinajstić information content (AvgIpc) is 3.51. The summed E-state index contributed by atoms with van der Waals surface area (Å²) in [5.74, 6) is -0.444. The van der Waals surface area contributed by atoms with Crippen molar-refractivity contribution >= 4 is 22.5 Å². The third-order valence-corrected chi connectivity index (χ3v) is 7.41. The molecular formula is C28H38F2N2O7. The van der Waals surface area contributed by atoms with E-state index in [1.165, 1.54) is 12.1 Å². The number of hydrogen-bond donors (Lipinski definition) is 5. The van der Waals surface area contributed by atoms with Crippen LogP contribution in [0, 0.1) is 0 Å². The van der Waals surface area contributed by atoms with E-state index in [1.807, 2.05) is 31.4 Å². The van der Waals surface area contributed by atoms with Crippen LogP contribution in [0.3, 0.4) is 0 Å². The minimum atomic E-state index is -3.73. The molecule has 1 aliphatic carbocycles. The second-order valence-electron chi connectivity index (χ2n) is 11.3. The van der Waals surface area contributed by atoms with Crippen molar-refractivity contribution in [1.82, 2.24) is 4.57 Å². The Labute approximate surface area is 228 Å². The van der Waals surface area contributed by atoms with Gasteiger partial charge in [-0.05, 0) is 54.8 Å². The van der Waals surface area contributed by atoms with E-state index in [2.05, 4.69) is 14.8 Å². The van der Waals surface area contributed by atoms with Crippen LogP contribution in [-0.2, 0) is 22.2 Å². The monoisotopic (exact) mass is 552 g/mol. The van der Waals surface area contributed by atoms with E-state index >= 15 is 0 Å². The predicted octanol–water partition coefficient (Wildman–Crippen LogP) is 3.74. The lowest BCUT2D eigenvalue weighted by atomic mass is 9.92. The van der Waals surface area contributed by atoms with Gasteiger partial charge in [-0.15, -0.1) is 8.78 Å². The highest BCUT2D eigenvalue weighted by molar-refractivity contribution is 6.02. The number of halogens is 2. The number of alkyl halides is 2. The molecule has 1 aliphatic heterocycles. The van der Waals surface area contributed by atoms with Crippen molar-refractivity contribution in [2.24, 2.45) is 0 Å². The largest absolute Gasteiger partial charge is 0.586 e. The van der Waals surface area contributed by atoms with Crippen LogP contribution in [0.15, 0.2) is 42.5 Å². The number of rotatable bonds is 8. The molecule has 0 radical (unpaired) electrons. The number of hydrogen-bond acceptors (Lipinski definition) is 7. The van der Waals surface area contributed by atoms with Gasteiger partial charge in [0.2, 0.25) is 5.91 Å². The van der Waals surface area contributed by atoms with Gasteiger partial charge in [0.15, 0.2) is 11.5 Å². The lowest BCUT2D eigenvalue weighted by Crippen LogP contribution is -2.42. The molecule has 0 unspecified atom stereocenters. The number of aliphatic hydroxyl groups excluding tert-OH is 4. The van der Waals surface area contributed by atoms with Crippen LogP contribution in [-0.4, -0.2) is 62.1 Å². The lowest BCUT2D eigenvalue weighted by molar-refractivity contribution is -0.286. The molecule has 0 saturated heterocycles. The molecule has 39 heavy (non-hydrogen) atoms. The number of fused-ring (bicyclic) bond motifs is 2. The molecule has 5 rings (SSSR count). The molecule has 9 nitrogen and oxygen atoms in total. The molecule has 0 spiro atoms. The Morgan fingerprint density at radius 1 is 1.05 bits per heavy atom. The molecule has 2 heterocycles. The fourth-order valence-electron chi connectivity index (χ4n) is 5.10. The van der Waals surface area contributed by atoms with Gasteiger partial charge in [-0.2, -0.15) is 0 Å². The number of aliphatic hydroxyl groups is 4. The SMILES string of the molecule is CC(C)(C)c1cc2cc(NC(=O)C3(c4ccc5c(c4)OC(F)(F)O5)CC3)ccc2n1C[C@@H](O)[C@H](O)[C@@H](O)CO.[HH].[HH].[HH]. The van der Waals surface area contributed by atoms with Crippen LogP contribution in [0.4, 0.5) is 14.5 Å². The van der Waals surface area contributed by atoms with Gasteiger partial charge in [0.25, 0.3) is 0 Å². The van der Waals surface area contributed by atoms with E-state index < -0.39 is 36.6 Å². The summed E-state index contributed by atoms with van der Waals surface area (Å²) >= 11 is 0. The molecular weight excluding hydrogens is 514 g/mol. The van der Waals surface area contributed by atoms with Gasteiger partial charge < -0.3 is 39.8 Å². The minimum absolute atomic E-state index is 0. The second kappa shape index (κ2) is 9.44. The topological polar surface area (TPSA) is 133 Å². The zero-order chi connectivity index (χ0) is 28.3. The quantitative estimate of drug-likeness (QED) is 0.288. The highest BCUT2D eigenvalue weighted by atomic mass is 19.3. The number of benzene rings is 2. The van der Waals surface area contributed by atoms with Gasteiger partial charge in [0.05, 0.1) is 18.6 Å². The van der Waals surface area contributed by atoms with Crippen molar-refractivity contribution in [3.8, 4) is 11.5 Å². The van der Waals surface area contributed by atoms with Crippen LogP contribution < -0.4 is 14.8 Å². The fourth-order valence-corrected chi connectivity index (χ4v) is 5.10. The van der Waals surface area contributed by atoms with Crippen LogP contribution in [0.5, 0.6) is 11.5 Å². The van der Waals surface area contributed by atoms with Crippen molar-refractivity contribution in [2.75, 3.05) is 11.9 Å². The molecule has 1 aromatic heterocycles. The molecule has 5 N–H and O–H groups in total. The molecule has 216 valence electrons. The van der Waals surface area contributed by atoms with Gasteiger partial charge in [-0.3, -0.25) is 4.79 Å². The van der Waals surface area contributed by atoms with Gasteiger partial charge in [-0.1, -0.05) is 26.8 Å². The van der Waals surface area contributed by atoms with Crippen molar-refractivity contribution in [3.63, 3.8) is 0 Å². The van der Waals surface area contributed by atoms with Crippen LogP contribution in [0.2, 0.25) is 0 Å². The Morgan fingerprint density at radius 3 is 2.38 bits per heavy atom. The zero-order valence-corrected chi connectivity index (χ0v) is 21.8. The standard InChI is InChI=1S/C28H32F2N2O7.3H2/c1-26(2,3)23-11-15-10-17(5-6-18(15)32(23)13-19(34)24(36)20(35)14-33)31-25(37)27(8-9-27)16-4-7-21-22(12-16)39-28(29,30)38-21;;;/h4-7,10-12,19-20,24,33-36H,8-9,13-14H2,1-3H3,(H,31,37);3*1H/t19-,20+,24+;;;/m1.../s1. The van der Waals surface area contributed by atoms with Gasteiger partial charge in [0.1, 0.15) is 18.3 Å². The maximum Gasteiger partial charge on any atom is 0.586 e. The minimum Gasteiger partial charge on any atom is -0.395 e. The van der Waals surface area contributed by atoms with Crippen LogP contribution in [0.1, 0.15) is 49.2 Å². The first-order chi connectivity index (χ1) is 18.2. The van der Waals surface area contributed by atoms with Crippen molar-refractivity contribution in [3.05, 3.63) is 53.7 Å². The molecule has 1 fully saturated rings. The maximum atomic E-state index is 13.4. The summed E-state index contributed by atoms with van der Waals surface area (Å²) in [6, 6.07) is 11.7. The van der Waals surface area contributed by atoms with Crippen LogP contribution in [0.25, 0.3) is 10.9 Å². The summed E-state index contributed by atoms with van der Waals surface area (Å²) < 4.78 is 37.8. The van der Waals surface area contributed by atoms with Crippen molar-refractivity contribution < 1.29 is 47.8 Å². The molecule has 1 amide bonds. The number of anilines is 1. The number of amides is 1. The van der Waals surface area contributed by atoms with Crippen LogP contribution >= 0.6 is 0 Å². The van der Waals surface area contributed by atoms with E-state index in [0.29, 0.717) is 24.1 Å². The first-order valence-electron chi connectivity index (χ1n) is 12.7. The maximum absolute atomic E-state index is 13.4. The third-order valence-electron chi connectivity index (χ3n) is 7.41. The number of nitrogens with zero attached hydrogens (tertiary/aromatic N) is 1. The van der Waals surface area contributed by atoms with Crippen molar-refractivity contribution in [2.45, 2.75) is 75.6 Å². The molecule has 0 bridgehead atoms. The summed E-state index contributed by atoms with van der Waals surface area (Å²) in [6.45, 7) is 5.31. The van der Waals surface area contributed by atoms with E-state index in [0.717, 1.165) is 16.6 Å². The molecule has 3 aromatic rings. The Morgan fingerprint density at radius 2 is 1.74 bits per heavy atom. The normalized spacial score (nSPS) is 19.5. The van der Waals surface area contributed by atoms with E-state index in [-0.39, 0.29) is 33.6 Å². The fraction of sp³-hybridized carbons (Fsp3) is 0.464. The van der Waals surface area contributed by atoms with Gasteiger partial charge in [-0.25, -0.2) is 0 Å². The predicted molar refractivity (Wildman–Crippen MR) is 144 cm³/mol. The summed E-state index contributed by atoms with van der Waals surface area (Å²) in [4.78, 5) is 13.4. The highest BCUT2D eigenvalue weighted by Crippen LogP contribution is 2.52. The Bertz CT molecular complexity index is 1430. The first kappa shape index (κ1) is 27.3. The second-order valence-corrected chi connectivity index (χ2v) is 11.3.